The topological polar surface area (TPSA) is 69.4 Å². The summed E-state index contributed by atoms with van der Waals surface area (Å²) in [5.41, 5.74) is 5.99. The fourth-order valence-corrected chi connectivity index (χ4v) is 0.868. The van der Waals surface area contributed by atoms with Gasteiger partial charge in [-0.2, -0.15) is 0 Å². The normalized spacial score (nSPS) is 9.31. The standard InChI is InChI=1S/C9H9NO3/c1-6(11)13-9(12)7-4-2-3-5-8(7)10/h2-5H,10H2,1H3. The number of anilines is 1. The molecule has 0 fully saturated rings. The first-order chi connectivity index (χ1) is 6.11. The Morgan fingerprint density at radius 3 is 2.46 bits per heavy atom. The zero-order valence-electron chi connectivity index (χ0n) is 7.11. The molecule has 0 aromatic heterocycles. The molecule has 13 heavy (non-hydrogen) atoms. The monoisotopic (exact) mass is 179 g/mol. The number of carbonyl (C=O) groups excluding carboxylic acids is 2. The smallest absolute Gasteiger partial charge is 0.347 e. The van der Waals surface area contributed by atoms with E-state index in [0.29, 0.717) is 5.69 Å². The maximum absolute atomic E-state index is 11.2. The lowest BCUT2D eigenvalue weighted by atomic mass is 10.2. The van der Waals surface area contributed by atoms with E-state index < -0.39 is 11.9 Å². The van der Waals surface area contributed by atoms with Crippen molar-refractivity contribution in [2.75, 3.05) is 5.73 Å². The van der Waals surface area contributed by atoms with Gasteiger partial charge >= 0.3 is 11.9 Å². The number of benzene rings is 1. The molecule has 1 aromatic carbocycles. The van der Waals surface area contributed by atoms with Crippen LogP contribution >= 0.6 is 0 Å². The largest absolute Gasteiger partial charge is 0.398 e. The average Bonchev–Trinajstić information content (AvgIpc) is 2.03. The number of para-hydroxylation sites is 1. The molecule has 0 aliphatic carbocycles. The third kappa shape index (κ3) is 2.30. The van der Waals surface area contributed by atoms with Crippen LogP contribution in [-0.2, 0) is 9.53 Å². The second-order valence-corrected chi connectivity index (χ2v) is 2.47. The van der Waals surface area contributed by atoms with Crippen LogP contribution in [0.3, 0.4) is 0 Å². The summed E-state index contributed by atoms with van der Waals surface area (Å²) in [7, 11) is 0. The van der Waals surface area contributed by atoms with Gasteiger partial charge in [-0.3, -0.25) is 4.79 Å². The van der Waals surface area contributed by atoms with Gasteiger partial charge in [0, 0.05) is 12.6 Å². The molecule has 68 valence electrons. The highest BCUT2D eigenvalue weighted by Crippen LogP contribution is 2.11. The lowest BCUT2D eigenvalue weighted by Gasteiger charge is -2.02. The minimum atomic E-state index is -0.717. The molecule has 0 unspecified atom stereocenters. The Labute approximate surface area is 75.3 Å². The van der Waals surface area contributed by atoms with Crippen molar-refractivity contribution in [1.29, 1.82) is 0 Å². The van der Waals surface area contributed by atoms with Gasteiger partial charge in [-0.15, -0.1) is 0 Å². The molecule has 1 aromatic rings. The quantitative estimate of drug-likeness (QED) is 0.396. The first-order valence-electron chi connectivity index (χ1n) is 3.68. The number of nitrogens with two attached hydrogens (primary N) is 1. The van der Waals surface area contributed by atoms with Gasteiger partial charge in [0.15, 0.2) is 0 Å². The predicted octanol–water partition coefficient (Wildman–Crippen LogP) is 0.972. The third-order valence-corrected chi connectivity index (χ3v) is 1.42. The number of hydrogen-bond acceptors (Lipinski definition) is 4. The molecule has 0 heterocycles. The van der Waals surface area contributed by atoms with Crippen molar-refractivity contribution in [2.45, 2.75) is 6.92 Å². The molecule has 4 heteroatoms. The van der Waals surface area contributed by atoms with E-state index in [-0.39, 0.29) is 5.56 Å². The Morgan fingerprint density at radius 1 is 1.31 bits per heavy atom. The van der Waals surface area contributed by atoms with Gasteiger partial charge < -0.3 is 10.5 Å². The van der Waals surface area contributed by atoms with Crippen LogP contribution in [0.2, 0.25) is 0 Å². The van der Waals surface area contributed by atoms with E-state index in [0.717, 1.165) is 6.92 Å². The second kappa shape index (κ2) is 3.71. The third-order valence-electron chi connectivity index (χ3n) is 1.42. The van der Waals surface area contributed by atoms with E-state index in [1.165, 1.54) is 6.07 Å². The van der Waals surface area contributed by atoms with E-state index in [1.807, 2.05) is 0 Å². The lowest BCUT2D eigenvalue weighted by Crippen LogP contribution is -2.11. The summed E-state index contributed by atoms with van der Waals surface area (Å²) in [6.07, 6.45) is 0. The minimum Gasteiger partial charge on any atom is -0.398 e. The van der Waals surface area contributed by atoms with Gasteiger partial charge in [-0.05, 0) is 12.1 Å². The van der Waals surface area contributed by atoms with Crippen molar-refractivity contribution < 1.29 is 14.3 Å². The average molecular weight is 179 g/mol. The molecule has 0 radical (unpaired) electrons. The van der Waals surface area contributed by atoms with Crippen molar-refractivity contribution in [3.05, 3.63) is 29.8 Å². The Kier molecular flexibility index (Phi) is 2.64. The van der Waals surface area contributed by atoms with E-state index in [4.69, 9.17) is 5.73 Å². The van der Waals surface area contributed by atoms with Gasteiger partial charge in [0.1, 0.15) is 0 Å². The first-order valence-corrected chi connectivity index (χ1v) is 3.68. The number of carbonyl (C=O) groups is 2. The Hall–Kier alpha value is -1.84. The first kappa shape index (κ1) is 9.25. The Bertz CT molecular complexity index is 346. The van der Waals surface area contributed by atoms with Gasteiger partial charge in [-0.25, -0.2) is 4.79 Å². The van der Waals surface area contributed by atoms with Crippen LogP contribution in [0.5, 0.6) is 0 Å². The van der Waals surface area contributed by atoms with E-state index >= 15 is 0 Å². The lowest BCUT2D eigenvalue weighted by molar-refractivity contribution is -0.135. The van der Waals surface area contributed by atoms with Crippen LogP contribution in [0.1, 0.15) is 17.3 Å². The summed E-state index contributed by atoms with van der Waals surface area (Å²) in [5, 5.41) is 0. The van der Waals surface area contributed by atoms with Crippen molar-refractivity contribution in [3.63, 3.8) is 0 Å². The van der Waals surface area contributed by atoms with E-state index in [2.05, 4.69) is 4.74 Å². The number of esters is 2. The summed E-state index contributed by atoms with van der Waals surface area (Å²) < 4.78 is 4.36. The van der Waals surface area contributed by atoms with Crippen molar-refractivity contribution in [2.24, 2.45) is 0 Å². The van der Waals surface area contributed by atoms with Crippen molar-refractivity contribution in [3.8, 4) is 0 Å². The van der Waals surface area contributed by atoms with Crippen LogP contribution in [0, 0.1) is 0 Å². The summed E-state index contributed by atoms with van der Waals surface area (Å²) in [6.45, 7) is 1.16. The molecular formula is C9H9NO3. The molecular weight excluding hydrogens is 170 g/mol. The minimum absolute atomic E-state index is 0.206. The zero-order chi connectivity index (χ0) is 9.84. The molecule has 0 amide bonds. The van der Waals surface area contributed by atoms with Crippen LogP contribution in [0.25, 0.3) is 0 Å². The zero-order valence-corrected chi connectivity index (χ0v) is 7.11. The van der Waals surface area contributed by atoms with Crippen LogP contribution in [0.15, 0.2) is 24.3 Å². The molecule has 0 bridgehead atoms. The summed E-state index contributed by atoms with van der Waals surface area (Å²) in [5.74, 6) is -1.36. The molecule has 0 saturated heterocycles. The van der Waals surface area contributed by atoms with Crippen molar-refractivity contribution in [1.82, 2.24) is 0 Å². The number of nitrogen functional groups attached to an aromatic ring is 1. The molecule has 0 atom stereocenters. The second-order valence-electron chi connectivity index (χ2n) is 2.47. The number of rotatable bonds is 1. The van der Waals surface area contributed by atoms with E-state index in [9.17, 15) is 9.59 Å². The fraction of sp³-hybridized carbons (Fsp3) is 0.111. The van der Waals surface area contributed by atoms with Crippen LogP contribution in [0.4, 0.5) is 5.69 Å². The van der Waals surface area contributed by atoms with Crippen LogP contribution in [-0.4, -0.2) is 11.9 Å². The molecule has 0 saturated carbocycles. The predicted molar refractivity (Wildman–Crippen MR) is 47.0 cm³/mol. The highest BCUT2D eigenvalue weighted by molar-refractivity contribution is 6.00. The highest BCUT2D eigenvalue weighted by Gasteiger charge is 2.11. The Morgan fingerprint density at radius 2 is 1.92 bits per heavy atom. The molecule has 1 rings (SSSR count). The van der Waals surface area contributed by atoms with Gasteiger partial charge in [0.25, 0.3) is 0 Å². The summed E-state index contributed by atoms with van der Waals surface area (Å²) in [4.78, 5) is 21.6. The van der Waals surface area contributed by atoms with Gasteiger partial charge in [0.05, 0.1) is 5.56 Å². The molecule has 0 aliphatic rings. The van der Waals surface area contributed by atoms with E-state index in [1.54, 1.807) is 18.2 Å². The maximum Gasteiger partial charge on any atom is 0.347 e. The Balaban J connectivity index is 2.89. The number of hydrogen-bond donors (Lipinski definition) is 1. The fourth-order valence-electron chi connectivity index (χ4n) is 0.868. The van der Waals surface area contributed by atoms with Crippen molar-refractivity contribution >= 4 is 17.6 Å². The van der Waals surface area contributed by atoms with Gasteiger partial charge in [0.2, 0.25) is 0 Å². The molecule has 4 nitrogen and oxygen atoms in total. The number of ether oxygens (including phenoxy) is 1. The summed E-state index contributed by atoms with van der Waals surface area (Å²) >= 11 is 0. The molecule has 0 aliphatic heterocycles. The van der Waals surface area contributed by atoms with Gasteiger partial charge in [-0.1, -0.05) is 12.1 Å². The highest BCUT2D eigenvalue weighted by atomic mass is 16.6. The molecule has 0 spiro atoms. The summed E-state index contributed by atoms with van der Waals surface area (Å²) in [6, 6.07) is 6.41. The maximum atomic E-state index is 11.2. The van der Waals surface area contributed by atoms with Crippen LogP contribution < -0.4 is 5.73 Å². The molecule has 2 N–H and O–H groups in total. The SMILES string of the molecule is CC(=O)OC(=O)c1ccccc1N.